The van der Waals surface area contributed by atoms with Gasteiger partial charge in [-0.25, -0.2) is 0 Å². The van der Waals surface area contributed by atoms with Gasteiger partial charge in [0.25, 0.3) is 0 Å². The van der Waals surface area contributed by atoms with Crippen molar-refractivity contribution in [3.8, 4) is 0 Å². The van der Waals surface area contributed by atoms with Crippen LogP contribution in [0, 0.1) is 0 Å². The molecule has 0 bridgehead atoms. The molecule has 0 heterocycles. The van der Waals surface area contributed by atoms with Crippen molar-refractivity contribution in [2.75, 3.05) is 0 Å². The molecule has 20 radical (unpaired) electrons. The monoisotopic (exact) mass is 187 g/mol. The largest absolute Gasteiger partial charge is 0.690 e. The van der Waals surface area contributed by atoms with Crippen molar-refractivity contribution in [1.82, 2.24) is 0 Å². The smallest absolute Gasteiger partial charge is 0.0000000127 e. The lowest BCUT2D eigenvalue weighted by Gasteiger charge is -2.41. The molecule has 0 rings (SSSR count). The Balaban J connectivity index is 5.16. The minimum absolute atomic E-state index is 0.482. The highest BCUT2D eigenvalue weighted by atomic mass is 13.2. The predicted molar refractivity (Wildman–Crippen MR) is 97.8 cm³/mol. The van der Waals surface area contributed by atoms with Gasteiger partial charge in [0.15, 0.2) is 0 Å². The van der Waals surface area contributed by atoms with Crippen LogP contribution in [0.15, 0.2) is 0 Å². The first-order valence-electron chi connectivity index (χ1n) is 5.33. The van der Waals surface area contributed by atoms with Crippen molar-refractivity contribution in [2.24, 2.45) is 0 Å². The summed E-state index contributed by atoms with van der Waals surface area (Å²) in [5.41, 5.74) is 0. The van der Waals surface area contributed by atoms with Crippen LogP contribution in [0.4, 0.5) is 0 Å². The molecule has 0 aromatic heterocycles. The lowest BCUT2D eigenvalue weighted by molar-refractivity contribution is 3.37. The second kappa shape index (κ2) is 8.31. The molecule has 0 saturated heterocycles. The van der Waals surface area contributed by atoms with E-state index in [4.69, 9.17) is 69.6 Å². The van der Waals surface area contributed by atoms with Gasteiger partial charge in [-0.05, 0) is 107 Å². The first kappa shape index (κ1) is 18.1. The van der Waals surface area contributed by atoms with Crippen molar-refractivity contribution < 1.29 is 0 Å². The molecule has 0 amide bonds. The van der Waals surface area contributed by atoms with Gasteiger partial charge in [0.2, 0.25) is 0 Å². The maximum Gasteiger partial charge on any atom is -0.0000000127 e. The molecule has 0 unspecified atom stereocenters. The summed E-state index contributed by atoms with van der Waals surface area (Å²) in [6.45, 7) is 0. The second-order valence-electron chi connectivity index (χ2n) is 4.23. The Kier molecular flexibility index (Phi) is 8.85. The summed E-state index contributed by atoms with van der Waals surface area (Å²) < 4.78 is 0. The Morgan fingerprint density at radius 1 is 0.588 bits per heavy atom. The Labute approximate surface area is 121 Å². The summed E-state index contributed by atoms with van der Waals surface area (Å²) in [7, 11) is 52.0. The standard InChI is InChI=1S/B17/c1-10-15(11(2)3)17(14(8)9)16(12(4)5)13(6)7/q-1. The van der Waals surface area contributed by atoms with Gasteiger partial charge in [0.1, 0.15) is 0 Å². The van der Waals surface area contributed by atoms with E-state index in [-0.39, 0.29) is 0 Å². The molecule has 0 N–H and O–H groups in total. The fourth-order valence-corrected chi connectivity index (χ4v) is 2.05. The van der Waals surface area contributed by atoms with E-state index in [1.165, 1.54) is 7.06 Å². The third-order valence-corrected chi connectivity index (χ3v) is 2.89. The molecule has 0 aliphatic rings. The summed E-state index contributed by atoms with van der Waals surface area (Å²) >= 11 is 0. The average Bonchev–Trinajstić information content (AvgIpc) is 2.15. The molecular formula is B17-. The van der Waals surface area contributed by atoms with Crippen LogP contribution in [0.25, 0.3) is 0 Å². The zero-order valence-electron chi connectivity index (χ0n) is 9.81. The van der Waals surface area contributed by atoms with Crippen molar-refractivity contribution in [2.45, 2.75) is 0 Å². The Hall–Kier alpha value is 1.10. The molecule has 0 nitrogen and oxygen atoms in total. The maximum absolute atomic E-state index is 5.70. The van der Waals surface area contributed by atoms with E-state index in [1.807, 2.05) is 0 Å². The fourth-order valence-electron chi connectivity index (χ4n) is 2.05. The lowest BCUT2D eigenvalue weighted by atomic mass is 8.43. The van der Waals surface area contributed by atoms with Gasteiger partial charge in [-0.3, -0.25) is 7.06 Å². The molecule has 0 aromatic carbocycles. The van der Waals surface area contributed by atoms with Gasteiger partial charge in [-0.15, -0.1) is 0 Å². The van der Waals surface area contributed by atoms with Gasteiger partial charge >= 0.3 is 0 Å². The van der Waals surface area contributed by atoms with Crippen LogP contribution < -0.4 is 0 Å². The van der Waals surface area contributed by atoms with Gasteiger partial charge < -0.3 is 7.74 Å². The van der Waals surface area contributed by atoms with Gasteiger partial charge in [0, 0.05) is 0 Å². The van der Waals surface area contributed by atoms with E-state index in [1.54, 1.807) is 0 Å². The zero-order chi connectivity index (χ0) is 13.7. The van der Waals surface area contributed by atoms with Crippen molar-refractivity contribution in [3.05, 3.63) is 0 Å². The molecule has 52 valence electrons. The van der Waals surface area contributed by atoms with Gasteiger partial charge in [-0.1, -0.05) is 0 Å². The summed E-state index contributed by atoms with van der Waals surface area (Å²) in [5.74, 6) is 0. The molecule has 0 aromatic rings. The molecule has 0 fully saturated rings. The topological polar surface area (TPSA) is 0 Å². The van der Waals surface area contributed by atoms with E-state index < -0.39 is 44.7 Å². The highest BCUT2D eigenvalue weighted by molar-refractivity contribution is 8.15. The van der Waals surface area contributed by atoms with E-state index in [9.17, 15) is 0 Å². The summed E-state index contributed by atoms with van der Waals surface area (Å²) in [5, 5.41) is 0. The lowest BCUT2D eigenvalue weighted by Crippen LogP contribution is -2.76. The molecule has 0 spiro atoms. The van der Waals surface area contributed by atoms with Crippen LogP contribution in [0.5, 0.6) is 0 Å². The normalized spacial score (nSPS) is 9.00. The van der Waals surface area contributed by atoms with Crippen LogP contribution in [0.2, 0.25) is 0 Å². The molecule has 0 saturated carbocycles. The van der Waals surface area contributed by atoms with E-state index in [2.05, 4.69) is 0 Å². The molecule has 0 atom stereocenters. The molecular weight excluding hydrogens is 184 g/mol. The van der Waals surface area contributed by atoms with Crippen LogP contribution in [-0.2, 0) is 0 Å². The minimum Gasteiger partial charge on any atom is -0.690 e. The molecule has 0 aliphatic heterocycles. The quantitative estimate of drug-likeness (QED) is 0.345. The van der Waals surface area contributed by atoms with Crippen molar-refractivity contribution in [1.29, 1.82) is 0 Å². The number of hydrogen-bond donors (Lipinski definition) is 0. The fraction of sp³-hybridized carbons (Fsp3) is 0. The third-order valence-electron chi connectivity index (χ3n) is 2.89. The highest BCUT2D eigenvalue weighted by Crippen LogP contribution is 2.01. The van der Waals surface area contributed by atoms with Crippen LogP contribution in [0.1, 0.15) is 0 Å². The third kappa shape index (κ3) is 5.31. The van der Waals surface area contributed by atoms with Crippen molar-refractivity contribution >= 4 is 121 Å². The highest BCUT2D eigenvalue weighted by Gasteiger charge is 2.38. The van der Waals surface area contributed by atoms with E-state index in [0.717, 1.165) is 0 Å². The average molecular weight is 184 g/mol. The van der Waals surface area contributed by atoms with E-state index in [0.29, 0.717) is 0 Å². The molecule has 17 heavy (non-hydrogen) atoms. The summed E-state index contributed by atoms with van der Waals surface area (Å²) in [6, 6.07) is 0. The van der Waals surface area contributed by atoms with E-state index >= 15 is 0 Å². The number of hydrogen-bond acceptors (Lipinski definition) is 0. The number of rotatable bonds is 7. The Bertz CT molecular complexity index is 180. The SMILES string of the molecule is [B]B([B])B([B][B-])B(B([B])[B])B(B([B])[B])B([B])[B]. The Morgan fingerprint density at radius 2 is 0.941 bits per heavy atom. The van der Waals surface area contributed by atoms with Gasteiger partial charge in [0.05, 0.1) is 0 Å². The molecule has 0 aliphatic carbocycles. The maximum atomic E-state index is 5.70. The second-order valence-corrected chi connectivity index (χ2v) is 4.23. The molecule has 17 heteroatoms. The van der Waals surface area contributed by atoms with Gasteiger partial charge in [-0.2, -0.15) is 0 Å². The first-order valence-corrected chi connectivity index (χ1v) is 5.33. The van der Waals surface area contributed by atoms with Crippen molar-refractivity contribution in [3.63, 3.8) is 0 Å². The Morgan fingerprint density at radius 3 is 1.12 bits per heavy atom. The summed E-state index contributed by atoms with van der Waals surface area (Å²) in [4.78, 5) is 0. The minimum atomic E-state index is -0.796. The first-order chi connectivity index (χ1) is 7.73. The van der Waals surface area contributed by atoms with Crippen LogP contribution in [0.3, 0.4) is 0 Å². The van der Waals surface area contributed by atoms with Crippen LogP contribution in [-0.4, -0.2) is 121 Å². The predicted octanol–water partition coefficient (Wildman–Crippen LogP) is -6.47. The summed E-state index contributed by atoms with van der Waals surface area (Å²) in [6.07, 6.45) is -4.66. The van der Waals surface area contributed by atoms with Crippen LogP contribution >= 0.6 is 0 Å². The zero-order valence-corrected chi connectivity index (χ0v) is 9.81.